The highest BCUT2D eigenvalue weighted by Crippen LogP contribution is 2.22. The third kappa shape index (κ3) is 4.53. The molecule has 4 rings (SSSR count). The summed E-state index contributed by atoms with van der Waals surface area (Å²) in [5.41, 5.74) is 5.45. The molecule has 2 aliphatic rings. The third-order valence-corrected chi connectivity index (χ3v) is 6.29. The molecule has 0 atom stereocenters. The molecule has 0 bridgehead atoms. The summed E-state index contributed by atoms with van der Waals surface area (Å²) < 4.78 is 0. The Morgan fingerprint density at radius 3 is 2.53 bits per heavy atom. The summed E-state index contributed by atoms with van der Waals surface area (Å²) in [7, 11) is 0. The molecule has 2 aromatic rings. The van der Waals surface area contributed by atoms with Gasteiger partial charge in [0.25, 0.3) is 5.91 Å². The molecule has 1 aromatic carbocycles. The van der Waals surface area contributed by atoms with Gasteiger partial charge in [0, 0.05) is 48.9 Å². The number of aryl methyl sites for hydroxylation is 3. The van der Waals surface area contributed by atoms with Gasteiger partial charge >= 0.3 is 0 Å². The number of amides is 2. The Bertz CT molecular complexity index is 931. The maximum atomic E-state index is 12.6. The number of benzene rings is 1. The molecule has 1 N–H and O–H groups in total. The van der Waals surface area contributed by atoms with Gasteiger partial charge in [0.1, 0.15) is 5.82 Å². The third-order valence-electron chi connectivity index (χ3n) is 6.29. The van der Waals surface area contributed by atoms with Crippen LogP contribution in [0.25, 0.3) is 0 Å². The van der Waals surface area contributed by atoms with Crippen molar-refractivity contribution in [1.82, 2.24) is 20.2 Å². The van der Waals surface area contributed by atoms with E-state index in [1.807, 2.05) is 36.1 Å². The van der Waals surface area contributed by atoms with Crippen molar-refractivity contribution in [3.63, 3.8) is 0 Å². The summed E-state index contributed by atoms with van der Waals surface area (Å²) >= 11 is 0. The molecule has 0 unspecified atom stereocenters. The molecular formula is C24H30N4O2. The van der Waals surface area contributed by atoms with Crippen LogP contribution in [0.1, 0.15) is 58.0 Å². The van der Waals surface area contributed by atoms with Gasteiger partial charge in [-0.2, -0.15) is 0 Å². The standard InChI is InChI=1S/C24H30N4O2/c1-16-6-8-19(9-7-16)24(30)28-14-11-18(12-15-28)23(29)25-13-10-22-26-17(2)20-4-3-5-21(20)27-22/h6-9,18H,3-5,10-15H2,1-2H3,(H,25,29). The lowest BCUT2D eigenvalue weighted by molar-refractivity contribution is -0.126. The minimum atomic E-state index is -0.0326. The molecule has 0 saturated carbocycles. The van der Waals surface area contributed by atoms with E-state index >= 15 is 0 Å². The summed E-state index contributed by atoms with van der Waals surface area (Å²) in [5.74, 6) is 0.926. The van der Waals surface area contributed by atoms with Gasteiger partial charge in [-0.05, 0) is 63.6 Å². The van der Waals surface area contributed by atoms with Crippen LogP contribution in [-0.4, -0.2) is 46.3 Å². The van der Waals surface area contributed by atoms with Crippen LogP contribution in [0.3, 0.4) is 0 Å². The molecule has 0 radical (unpaired) electrons. The van der Waals surface area contributed by atoms with E-state index in [-0.39, 0.29) is 17.7 Å². The monoisotopic (exact) mass is 406 g/mol. The first-order valence-corrected chi connectivity index (χ1v) is 11.0. The molecular weight excluding hydrogens is 376 g/mol. The normalized spacial score (nSPS) is 16.4. The van der Waals surface area contributed by atoms with Gasteiger partial charge in [0.15, 0.2) is 0 Å². The van der Waals surface area contributed by atoms with Crippen LogP contribution in [0.5, 0.6) is 0 Å². The number of nitrogens with one attached hydrogen (secondary N) is 1. The quantitative estimate of drug-likeness (QED) is 0.829. The molecule has 1 aliphatic carbocycles. The van der Waals surface area contributed by atoms with Gasteiger partial charge < -0.3 is 10.2 Å². The van der Waals surface area contributed by atoms with E-state index in [0.29, 0.717) is 44.5 Å². The van der Waals surface area contributed by atoms with Crippen LogP contribution < -0.4 is 5.32 Å². The highest BCUT2D eigenvalue weighted by molar-refractivity contribution is 5.94. The van der Waals surface area contributed by atoms with E-state index in [1.54, 1.807) is 0 Å². The Hall–Kier alpha value is -2.76. The fourth-order valence-electron chi connectivity index (χ4n) is 4.46. The predicted molar refractivity (Wildman–Crippen MR) is 115 cm³/mol. The number of aromatic nitrogens is 2. The van der Waals surface area contributed by atoms with E-state index in [4.69, 9.17) is 0 Å². The fraction of sp³-hybridized carbons (Fsp3) is 0.500. The number of nitrogens with zero attached hydrogens (tertiary/aromatic N) is 3. The van der Waals surface area contributed by atoms with Gasteiger partial charge in [0.05, 0.1) is 0 Å². The van der Waals surface area contributed by atoms with Crippen LogP contribution in [0.15, 0.2) is 24.3 Å². The number of hydrogen-bond donors (Lipinski definition) is 1. The molecule has 0 spiro atoms. The van der Waals surface area contributed by atoms with E-state index in [1.165, 1.54) is 11.3 Å². The van der Waals surface area contributed by atoms with Crippen molar-refractivity contribution in [2.45, 2.75) is 52.4 Å². The Morgan fingerprint density at radius 2 is 1.80 bits per heavy atom. The summed E-state index contributed by atoms with van der Waals surface area (Å²) in [6, 6.07) is 7.66. The number of piperidine rings is 1. The lowest BCUT2D eigenvalue weighted by Gasteiger charge is -2.31. The lowest BCUT2D eigenvalue weighted by atomic mass is 9.95. The number of likely N-dealkylation sites (tertiary alicyclic amines) is 1. The van der Waals surface area contributed by atoms with Crippen LogP contribution in [0.4, 0.5) is 0 Å². The molecule has 158 valence electrons. The first-order valence-electron chi connectivity index (χ1n) is 11.0. The molecule has 1 aliphatic heterocycles. The number of fused-ring (bicyclic) bond motifs is 1. The molecule has 1 fully saturated rings. The molecule has 30 heavy (non-hydrogen) atoms. The smallest absolute Gasteiger partial charge is 0.253 e. The maximum absolute atomic E-state index is 12.6. The van der Waals surface area contributed by atoms with Crippen LogP contribution in [0, 0.1) is 19.8 Å². The van der Waals surface area contributed by atoms with Crippen molar-refractivity contribution in [1.29, 1.82) is 0 Å². The van der Waals surface area contributed by atoms with Crippen molar-refractivity contribution in [3.8, 4) is 0 Å². The van der Waals surface area contributed by atoms with Gasteiger partial charge in [0.2, 0.25) is 5.91 Å². The van der Waals surface area contributed by atoms with E-state index in [9.17, 15) is 9.59 Å². The fourth-order valence-corrected chi connectivity index (χ4v) is 4.46. The Kier molecular flexibility index (Phi) is 6.11. The zero-order valence-electron chi connectivity index (χ0n) is 17.9. The molecule has 1 saturated heterocycles. The minimum absolute atomic E-state index is 0.0326. The molecule has 2 heterocycles. The molecule has 2 amide bonds. The summed E-state index contributed by atoms with van der Waals surface area (Å²) in [5, 5.41) is 3.05. The maximum Gasteiger partial charge on any atom is 0.253 e. The largest absolute Gasteiger partial charge is 0.355 e. The van der Waals surface area contributed by atoms with Crippen LogP contribution in [0.2, 0.25) is 0 Å². The average Bonchev–Trinajstić information content (AvgIpc) is 3.23. The minimum Gasteiger partial charge on any atom is -0.355 e. The zero-order valence-corrected chi connectivity index (χ0v) is 17.9. The highest BCUT2D eigenvalue weighted by Gasteiger charge is 2.27. The number of carbonyl (C=O) groups excluding carboxylic acids is 2. The first kappa shape index (κ1) is 20.5. The summed E-state index contributed by atoms with van der Waals surface area (Å²) in [6.07, 6.45) is 5.36. The van der Waals surface area contributed by atoms with Gasteiger partial charge in [-0.3, -0.25) is 9.59 Å². The van der Waals surface area contributed by atoms with Crippen LogP contribution in [-0.2, 0) is 24.1 Å². The Balaban J connectivity index is 1.23. The van der Waals surface area contributed by atoms with Gasteiger partial charge in [-0.15, -0.1) is 0 Å². The second-order valence-electron chi connectivity index (χ2n) is 8.48. The van der Waals surface area contributed by atoms with Crippen LogP contribution >= 0.6 is 0 Å². The molecule has 6 nitrogen and oxygen atoms in total. The van der Waals surface area contributed by atoms with Crippen molar-refractivity contribution in [2.24, 2.45) is 5.92 Å². The number of hydrogen-bond acceptors (Lipinski definition) is 4. The number of carbonyl (C=O) groups is 2. The SMILES string of the molecule is Cc1ccc(C(=O)N2CCC(C(=O)NCCc3nc(C)c4c(n3)CCC4)CC2)cc1. The zero-order chi connectivity index (χ0) is 21.1. The van der Waals surface area contributed by atoms with E-state index in [0.717, 1.165) is 36.3 Å². The van der Waals surface area contributed by atoms with E-state index in [2.05, 4.69) is 22.2 Å². The van der Waals surface area contributed by atoms with Crippen molar-refractivity contribution in [2.75, 3.05) is 19.6 Å². The predicted octanol–water partition coefficient (Wildman–Crippen LogP) is 2.79. The Morgan fingerprint density at radius 1 is 1.07 bits per heavy atom. The lowest BCUT2D eigenvalue weighted by Crippen LogP contribution is -2.43. The summed E-state index contributed by atoms with van der Waals surface area (Å²) in [4.78, 5) is 36.4. The molecule has 6 heteroatoms. The first-order chi connectivity index (χ1) is 14.5. The number of rotatable bonds is 5. The second kappa shape index (κ2) is 8.94. The molecule has 1 aromatic heterocycles. The second-order valence-corrected chi connectivity index (χ2v) is 8.48. The van der Waals surface area contributed by atoms with Gasteiger partial charge in [-0.25, -0.2) is 9.97 Å². The van der Waals surface area contributed by atoms with E-state index < -0.39 is 0 Å². The van der Waals surface area contributed by atoms with Crippen molar-refractivity contribution < 1.29 is 9.59 Å². The van der Waals surface area contributed by atoms with Gasteiger partial charge in [-0.1, -0.05) is 17.7 Å². The van der Waals surface area contributed by atoms with Crippen molar-refractivity contribution in [3.05, 3.63) is 58.2 Å². The highest BCUT2D eigenvalue weighted by atomic mass is 16.2. The van der Waals surface area contributed by atoms with Crippen molar-refractivity contribution >= 4 is 11.8 Å². The topological polar surface area (TPSA) is 75.2 Å². The average molecular weight is 407 g/mol. The Labute approximate surface area is 178 Å². The summed E-state index contributed by atoms with van der Waals surface area (Å²) in [6.45, 7) is 5.87.